The smallest absolute Gasteiger partial charge is 0.0708 e. The molecular formula is C13H28O2. The predicted octanol–water partition coefficient (Wildman–Crippen LogP) is 3.79. The molecule has 0 aromatic carbocycles. The summed E-state index contributed by atoms with van der Waals surface area (Å²) >= 11 is 0. The molecule has 0 amide bonds. The molecule has 0 saturated heterocycles. The molecule has 0 aliphatic carbocycles. The summed E-state index contributed by atoms with van der Waals surface area (Å²) in [5.41, 5.74) is -0.0613. The van der Waals surface area contributed by atoms with Crippen LogP contribution in [-0.2, 0) is 9.47 Å². The number of hydrogen-bond donors (Lipinski definition) is 0. The third-order valence-electron chi connectivity index (χ3n) is 2.24. The second-order valence-corrected chi connectivity index (χ2v) is 5.67. The molecule has 2 nitrogen and oxygen atoms in total. The molecule has 0 rings (SSSR count). The lowest BCUT2D eigenvalue weighted by Crippen LogP contribution is -2.28. The first kappa shape index (κ1) is 14.9. The largest absolute Gasteiger partial charge is 0.373 e. The maximum atomic E-state index is 5.80. The molecule has 0 N–H and O–H groups in total. The van der Waals surface area contributed by atoms with Crippen LogP contribution in [0.4, 0.5) is 0 Å². The van der Waals surface area contributed by atoms with Crippen LogP contribution in [-0.4, -0.2) is 24.4 Å². The molecule has 0 aromatic rings. The minimum atomic E-state index is -0.0586. The van der Waals surface area contributed by atoms with Crippen LogP contribution in [0.2, 0.25) is 0 Å². The van der Waals surface area contributed by atoms with Gasteiger partial charge in [0.2, 0.25) is 0 Å². The van der Waals surface area contributed by atoms with Crippen LogP contribution in [0, 0.1) is 0 Å². The van der Waals surface area contributed by atoms with E-state index in [1.54, 1.807) is 0 Å². The molecule has 0 unspecified atom stereocenters. The van der Waals surface area contributed by atoms with Crippen LogP contribution >= 0.6 is 0 Å². The lowest BCUT2D eigenvalue weighted by molar-refractivity contribution is -0.0814. The van der Waals surface area contributed by atoms with E-state index in [1.165, 1.54) is 12.8 Å². The highest BCUT2D eigenvalue weighted by molar-refractivity contribution is 4.68. The standard InChI is InChI=1S/C13H28O2/c1-7-8-9-13(5,6)15-11-10-14-12(2,3)4/h7-11H2,1-6H3. The van der Waals surface area contributed by atoms with Gasteiger partial charge in [0.05, 0.1) is 24.4 Å². The second-order valence-electron chi connectivity index (χ2n) is 5.67. The van der Waals surface area contributed by atoms with Gasteiger partial charge in [-0.3, -0.25) is 0 Å². The molecule has 0 aromatic heterocycles. The van der Waals surface area contributed by atoms with Crippen LogP contribution in [0.1, 0.15) is 60.8 Å². The van der Waals surface area contributed by atoms with Gasteiger partial charge in [-0.15, -0.1) is 0 Å². The van der Waals surface area contributed by atoms with E-state index in [1.807, 2.05) is 0 Å². The monoisotopic (exact) mass is 216 g/mol. The van der Waals surface area contributed by atoms with E-state index in [2.05, 4.69) is 41.5 Å². The summed E-state index contributed by atoms with van der Waals surface area (Å²) in [4.78, 5) is 0. The normalized spacial score (nSPS) is 13.2. The summed E-state index contributed by atoms with van der Waals surface area (Å²) in [5.74, 6) is 0. The van der Waals surface area contributed by atoms with Crippen molar-refractivity contribution in [2.45, 2.75) is 72.0 Å². The quantitative estimate of drug-likeness (QED) is 0.603. The van der Waals surface area contributed by atoms with Crippen LogP contribution in [0.25, 0.3) is 0 Å². The first-order valence-corrected chi connectivity index (χ1v) is 6.05. The molecule has 15 heavy (non-hydrogen) atoms. The molecule has 0 atom stereocenters. The third kappa shape index (κ3) is 10.2. The summed E-state index contributed by atoms with van der Waals surface area (Å²) in [6.07, 6.45) is 3.58. The second kappa shape index (κ2) is 6.49. The van der Waals surface area contributed by atoms with Crippen molar-refractivity contribution in [1.82, 2.24) is 0 Å². The minimum Gasteiger partial charge on any atom is -0.373 e. The van der Waals surface area contributed by atoms with E-state index in [9.17, 15) is 0 Å². The Morgan fingerprint density at radius 2 is 1.40 bits per heavy atom. The van der Waals surface area contributed by atoms with Crippen molar-refractivity contribution in [3.05, 3.63) is 0 Å². The van der Waals surface area contributed by atoms with E-state index < -0.39 is 0 Å². The lowest BCUT2D eigenvalue weighted by atomic mass is 10.0. The summed E-state index contributed by atoms with van der Waals surface area (Å²) in [6, 6.07) is 0. The molecule has 0 heterocycles. The molecule has 0 spiro atoms. The Balaban J connectivity index is 3.57. The first-order valence-electron chi connectivity index (χ1n) is 6.05. The maximum Gasteiger partial charge on any atom is 0.0708 e. The van der Waals surface area contributed by atoms with Crippen molar-refractivity contribution < 1.29 is 9.47 Å². The molecular weight excluding hydrogens is 188 g/mol. The highest BCUT2D eigenvalue weighted by atomic mass is 16.5. The Labute approximate surface area is 95.3 Å². The highest BCUT2D eigenvalue weighted by Gasteiger charge is 2.17. The minimum absolute atomic E-state index is 0.00272. The average Bonchev–Trinajstić information content (AvgIpc) is 2.08. The maximum absolute atomic E-state index is 5.80. The van der Waals surface area contributed by atoms with Crippen LogP contribution < -0.4 is 0 Å². The lowest BCUT2D eigenvalue weighted by Gasteiger charge is -2.26. The Morgan fingerprint density at radius 3 is 1.87 bits per heavy atom. The van der Waals surface area contributed by atoms with E-state index in [0.29, 0.717) is 13.2 Å². The Morgan fingerprint density at radius 1 is 0.867 bits per heavy atom. The van der Waals surface area contributed by atoms with Crippen molar-refractivity contribution in [3.63, 3.8) is 0 Å². The average molecular weight is 216 g/mol. The SMILES string of the molecule is CCCCC(C)(C)OCCOC(C)(C)C. The Bertz CT molecular complexity index is 156. The van der Waals surface area contributed by atoms with Gasteiger partial charge < -0.3 is 9.47 Å². The zero-order chi connectivity index (χ0) is 11.9. The Kier molecular flexibility index (Phi) is 6.46. The number of hydrogen-bond acceptors (Lipinski definition) is 2. The van der Waals surface area contributed by atoms with Gasteiger partial charge in [-0.2, -0.15) is 0 Å². The van der Waals surface area contributed by atoms with Crippen molar-refractivity contribution in [3.8, 4) is 0 Å². The summed E-state index contributed by atoms with van der Waals surface area (Å²) in [5, 5.41) is 0. The van der Waals surface area contributed by atoms with Gasteiger partial charge in [0.1, 0.15) is 0 Å². The first-order chi connectivity index (χ1) is 6.77. The molecule has 0 aliphatic rings. The summed E-state index contributed by atoms with van der Waals surface area (Å²) < 4.78 is 11.4. The van der Waals surface area contributed by atoms with Crippen LogP contribution in [0.3, 0.4) is 0 Å². The van der Waals surface area contributed by atoms with Crippen molar-refractivity contribution in [2.75, 3.05) is 13.2 Å². The van der Waals surface area contributed by atoms with Gasteiger partial charge in [-0.1, -0.05) is 19.8 Å². The summed E-state index contributed by atoms with van der Waals surface area (Å²) in [7, 11) is 0. The van der Waals surface area contributed by atoms with Gasteiger partial charge in [-0.25, -0.2) is 0 Å². The molecule has 0 saturated carbocycles. The zero-order valence-corrected chi connectivity index (χ0v) is 11.4. The summed E-state index contributed by atoms with van der Waals surface area (Å²) in [6.45, 7) is 14.1. The highest BCUT2D eigenvalue weighted by Crippen LogP contribution is 2.17. The van der Waals surface area contributed by atoms with Crippen molar-refractivity contribution in [2.24, 2.45) is 0 Å². The number of rotatable bonds is 7. The van der Waals surface area contributed by atoms with Gasteiger partial charge in [0.25, 0.3) is 0 Å². The van der Waals surface area contributed by atoms with Gasteiger partial charge in [-0.05, 0) is 41.0 Å². The van der Waals surface area contributed by atoms with Crippen LogP contribution in [0.5, 0.6) is 0 Å². The molecule has 0 radical (unpaired) electrons. The topological polar surface area (TPSA) is 18.5 Å². The fourth-order valence-electron chi connectivity index (χ4n) is 1.34. The van der Waals surface area contributed by atoms with Gasteiger partial charge >= 0.3 is 0 Å². The third-order valence-corrected chi connectivity index (χ3v) is 2.24. The van der Waals surface area contributed by atoms with Crippen molar-refractivity contribution >= 4 is 0 Å². The predicted molar refractivity (Wildman–Crippen MR) is 65.3 cm³/mol. The number of unbranched alkanes of at least 4 members (excludes halogenated alkanes) is 1. The number of ether oxygens (including phenoxy) is 2. The van der Waals surface area contributed by atoms with Crippen LogP contribution in [0.15, 0.2) is 0 Å². The van der Waals surface area contributed by atoms with E-state index >= 15 is 0 Å². The fourth-order valence-corrected chi connectivity index (χ4v) is 1.34. The molecule has 0 fully saturated rings. The zero-order valence-electron chi connectivity index (χ0n) is 11.4. The molecule has 0 bridgehead atoms. The molecule has 0 aliphatic heterocycles. The van der Waals surface area contributed by atoms with Gasteiger partial charge in [0.15, 0.2) is 0 Å². The van der Waals surface area contributed by atoms with E-state index in [0.717, 1.165) is 6.42 Å². The molecule has 92 valence electrons. The van der Waals surface area contributed by atoms with Crippen molar-refractivity contribution in [1.29, 1.82) is 0 Å². The van der Waals surface area contributed by atoms with E-state index in [-0.39, 0.29) is 11.2 Å². The molecule has 2 heteroatoms. The van der Waals surface area contributed by atoms with Gasteiger partial charge in [0, 0.05) is 0 Å². The fraction of sp³-hybridized carbons (Fsp3) is 1.00. The Hall–Kier alpha value is -0.0800. The van der Waals surface area contributed by atoms with E-state index in [4.69, 9.17) is 9.47 Å².